The minimum atomic E-state index is -0.406. The molecule has 2 aromatic rings. The van der Waals surface area contributed by atoms with Gasteiger partial charge in [0.25, 0.3) is 5.91 Å². The van der Waals surface area contributed by atoms with Gasteiger partial charge in [0.2, 0.25) is 0 Å². The number of carbonyl (C=O) groups is 1. The number of nitrogens with one attached hydrogen (secondary N) is 1. The quantitative estimate of drug-likeness (QED) is 0.819. The maximum absolute atomic E-state index is 13.7. The van der Waals surface area contributed by atoms with Crippen LogP contribution in [-0.2, 0) is 6.54 Å². The normalized spacial score (nSPS) is 9.86. The van der Waals surface area contributed by atoms with Gasteiger partial charge in [0.15, 0.2) is 0 Å². The maximum atomic E-state index is 13.7. The highest BCUT2D eigenvalue weighted by Crippen LogP contribution is 2.20. The first-order valence-electron chi connectivity index (χ1n) is 6.00. The Kier molecular flexibility index (Phi) is 5.51. The van der Waals surface area contributed by atoms with Crippen molar-refractivity contribution in [3.63, 3.8) is 0 Å². The molecule has 1 heterocycles. The summed E-state index contributed by atoms with van der Waals surface area (Å²) in [5.74, 6) is 4.53. The maximum Gasteiger partial charge on any atom is 0.252 e. The molecule has 0 aliphatic heterocycles. The molecule has 0 saturated carbocycles. The molecule has 0 saturated heterocycles. The molecule has 0 bridgehead atoms. The minimum Gasteiger partial charge on any atom is -0.384 e. The van der Waals surface area contributed by atoms with E-state index in [1.807, 2.05) is 0 Å². The predicted octanol–water partition coefficient (Wildman–Crippen LogP) is 2.92. The fourth-order valence-electron chi connectivity index (χ4n) is 1.64. The van der Waals surface area contributed by atoms with Crippen molar-refractivity contribution >= 4 is 33.2 Å². The second kappa shape index (κ2) is 7.36. The van der Waals surface area contributed by atoms with E-state index >= 15 is 0 Å². The van der Waals surface area contributed by atoms with Crippen molar-refractivity contribution in [2.75, 3.05) is 6.61 Å². The molecule has 0 aliphatic carbocycles. The number of halogens is 2. The van der Waals surface area contributed by atoms with Crippen molar-refractivity contribution < 1.29 is 14.3 Å². The Bertz CT molecular complexity index is 718. The van der Waals surface area contributed by atoms with E-state index in [2.05, 4.69) is 33.1 Å². The summed E-state index contributed by atoms with van der Waals surface area (Å²) < 4.78 is 14.6. The molecule has 1 aromatic heterocycles. The lowest BCUT2D eigenvalue weighted by Crippen LogP contribution is -2.22. The third-order valence-corrected chi connectivity index (χ3v) is 4.13. The monoisotopic (exact) mass is 367 g/mol. The number of aliphatic hydroxyl groups excluding tert-OH is 1. The van der Waals surface area contributed by atoms with Crippen LogP contribution in [0.15, 0.2) is 33.4 Å². The van der Waals surface area contributed by atoms with Gasteiger partial charge in [-0.15, -0.1) is 11.3 Å². The zero-order valence-electron chi connectivity index (χ0n) is 10.8. The highest BCUT2D eigenvalue weighted by Gasteiger charge is 2.09. The van der Waals surface area contributed by atoms with Gasteiger partial charge in [0.1, 0.15) is 12.4 Å². The van der Waals surface area contributed by atoms with E-state index in [-0.39, 0.29) is 19.1 Å². The van der Waals surface area contributed by atoms with E-state index in [4.69, 9.17) is 5.11 Å². The third kappa shape index (κ3) is 4.39. The highest BCUT2D eigenvalue weighted by atomic mass is 79.9. The average molecular weight is 368 g/mol. The second-order valence-corrected chi connectivity index (χ2v) is 6.38. The number of rotatable bonds is 3. The largest absolute Gasteiger partial charge is 0.384 e. The summed E-state index contributed by atoms with van der Waals surface area (Å²) in [6.45, 7) is -0.177. The van der Waals surface area contributed by atoms with Gasteiger partial charge in [-0.05, 0) is 40.2 Å². The lowest BCUT2D eigenvalue weighted by Gasteiger charge is -2.06. The molecule has 21 heavy (non-hydrogen) atoms. The van der Waals surface area contributed by atoms with Gasteiger partial charge in [-0.2, -0.15) is 0 Å². The van der Waals surface area contributed by atoms with Crippen molar-refractivity contribution in [1.29, 1.82) is 0 Å². The molecule has 0 unspecified atom stereocenters. The number of carbonyl (C=O) groups excluding carboxylic acids is 1. The van der Waals surface area contributed by atoms with Crippen LogP contribution >= 0.6 is 27.3 Å². The van der Waals surface area contributed by atoms with Crippen LogP contribution < -0.4 is 5.32 Å². The molecule has 2 N–H and O–H groups in total. The molecular formula is C15H11BrFNO2S. The highest BCUT2D eigenvalue weighted by molar-refractivity contribution is 9.11. The molecule has 0 spiro atoms. The van der Waals surface area contributed by atoms with Gasteiger partial charge in [-0.25, -0.2) is 4.39 Å². The molecular weight excluding hydrogens is 357 g/mol. The van der Waals surface area contributed by atoms with E-state index in [0.717, 1.165) is 3.79 Å². The first-order chi connectivity index (χ1) is 10.1. The summed E-state index contributed by atoms with van der Waals surface area (Å²) in [6.07, 6.45) is 0. The SMILES string of the molecule is O=C(NCc1cc(C#CCO)ccc1F)c1csc(Br)c1. The van der Waals surface area contributed by atoms with Crippen LogP contribution in [0.1, 0.15) is 21.5 Å². The van der Waals surface area contributed by atoms with Crippen LogP contribution in [-0.4, -0.2) is 17.6 Å². The summed E-state index contributed by atoms with van der Waals surface area (Å²) in [5, 5.41) is 13.0. The van der Waals surface area contributed by atoms with Crippen LogP contribution in [0.3, 0.4) is 0 Å². The molecule has 3 nitrogen and oxygen atoms in total. The van der Waals surface area contributed by atoms with Crippen LogP contribution in [0.5, 0.6) is 0 Å². The molecule has 1 aromatic carbocycles. The van der Waals surface area contributed by atoms with E-state index < -0.39 is 5.82 Å². The molecule has 6 heteroatoms. The van der Waals surface area contributed by atoms with Gasteiger partial charge in [0, 0.05) is 23.1 Å². The van der Waals surface area contributed by atoms with Gasteiger partial charge >= 0.3 is 0 Å². The summed E-state index contributed by atoms with van der Waals surface area (Å²) in [5.41, 5.74) is 1.47. The Hall–Kier alpha value is -1.68. The predicted molar refractivity (Wildman–Crippen MR) is 83.6 cm³/mol. The lowest BCUT2D eigenvalue weighted by atomic mass is 10.1. The van der Waals surface area contributed by atoms with Crippen molar-refractivity contribution in [1.82, 2.24) is 5.32 Å². The lowest BCUT2D eigenvalue weighted by molar-refractivity contribution is 0.0951. The summed E-state index contributed by atoms with van der Waals surface area (Å²) >= 11 is 4.69. The number of hydrogen-bond donors (Lipinski definition) is 2. The topological polar surface area (TPSA) is 49.3 Å². The zero-order chi connectivity index (χ0) is 15.2. The van der Waals surface area contributed by atoms with Crippen molar-refractivity contribution in [3.8, 4) is 11.8 Å². The Morgan fingerprint density at radius 2 is 2.24 bits per heavy atom. The number of aliphatic hydroxyl groups is 1. The van der Waals surface area contributed by atoms with E-state index in [0.29, 0.717) is 16.7 Å². The zero-order valence-corrected chi connectivity index (χ0v) is 13.2. The fourth-order valence-corrected chi connectivity index (χ4v) is 2.77. The van der Waals surface area contributed by atoms with E-state index in [1.165, 1.54) is 23.5 Å². The Balaban J connectivity index is 2.07. The summed E-state index contributed by atoms with van der Waals surface area (Å²) in [6, 6.07) is 6.09. The van der Waals surface area contributed by atoms with Crippen LogP contribution in [0.4, 0.5) is 4.39 Å². The van der Waals surface area contributed by atoms with Crippen LogP contribution in [0.25, 0.3) is 0 Å². The van der Waals surface area contributed by atoms with E-state index in [1.54, 1.807) is 17.5 Å². The van der Waals surface area contributed by atoms with Crippen molar-refractivity contribution in [2.24, 2.45) is 0 Å². The number of hydrogen-bond acceptors (Lipinski definition) is 3. The first kappa shape index (κ1) is 15.7. The smallest absolute Gasteiger partial charge is 0.252 e. The van der Waals surface area contributed by atoms with E-state index in [9.17, 15) is 9.18 Å². The van der Waals surface area contributed by atoms with Crippen molar-refractivity contribution in [2.45, 2.75) is 6.54 Å². The Labute approximate surface area is 133 Å². The molecule has 0 atom stereocenters. The summed E-state index contributed by atoms with van der Waals surface area (Å²) in [4.78, 5) is 11.9. The second-order valence-electron chi connectivity index (χ2n) is 4.09. The molecule has 0 radical (unpaired) electrons. The average Bonchev–Trinajstić information content (AvgIpc) is 2.91. The number of benzene rings is 1. The molecule has 0 aliphatic rings. The number of thiophene rings is 1. The van der Waals surface area contributed by atoms with Gasteiger partial charge in [-0.3, -0.25) is 4.79 Å². The van der Waals surface area contributed by atoms with Crippen LogP contribution in [0, 0.1) is 17.7 Å². The first-order valence-corrected chi connectivity index (χ1v) is 7.68. The standard InChI is InChI=1S/C15H11BrFNO2S/c16-14-7-12(9-21-14)15(20)18-8-11-6-10(2-1-5-19)3-4-13(11)17/h3-4,6-7,9,19H,5,8H2,(H,18,20). The van der Waals surface area contributed by atoms with Gasteiger partial charge in [0.05, 0.1) is 9.35 Å². The number of amides is 1. The molecule has 0 fully saturated rings. The summed E-state index contributed by atoms with van der Waals surface area (Å²) in [7, 11) is 0. The van der Waals surface area contributed by atoms with Gasteiger partial charge in [-0.1, -0.05) is 11.8 Å². The Morgan fingerprint density at radius 1 is 1.43 bits per heavy atom. The molecule has 1 amide bonds. The Morgan fingerprint density at radius 3 is 2.90 bits per heavy atom. The fraction of sp³-hybridized carbons (Fsp3) is 0.133. The molecule has 2 rings (SSSR count). The molecule has 108 valence electrons. The van der Waals surface area contributed by atoms with Gasteiger partial charge < -0.3 is 10.4 Å². The van der Waals surface area contributed by atoms with Crippen molar-refractivity contribution in [3.05, 3.63) is 55.9 Å². The van der Waals surface area contributed by atoms with Crippen LogP contribution in [0.2, 0.25) is 0 Å². The minimum absolute atomic E-state index is 0.0762. The third-order valence-electron chi connectivity index (χ3n) is 2.63.